The van der Waals surface area contributed by atoms with Crippen LogP contribution in [0.2, 0.25) is 20.1 Å². The molecule has 2 heterocycles. The molecular formula is C28H16Cl4F2N4O2. The van der Waals surface area contributed by atoms with E-state index in [0.29, 0.717) is 32.5 Å². The number of nitrogens with zero attached hydrogens (tertiary/aromatic N) is 2. The third-order valence-electron chi connectivity index (χ3n) is 6.80. The molecule has 2 unspecified atom stereocenters. The van der Waals surface area contributed by atoms with Crippen LogP contribution in [0.3, 0.4) is 0 Å². The van der Waals surface area contributed by atoms with Crippen molar-refractivity contribution in [1.82, 2.24) is 0 Å². The Labute approximate surface area is 247 Å². The summed E-state index contributed by atoms with van der Waals surface area (Å²) in [6, 6.07) is 14.6. The van der Waals surface area contributed by atoms with Crippen LogP contribution < -0.4 is 20.4 Å². The molecular weight excluding hydrogens is 604 g/mol. The smallest absolute Gasteiger partial charge is 0.307 e. The summed E-state index contributed by atoms with van der Waals surface area (Å²) >= 11 is 25.1. The van der Waals surface area contributed by atoms with E-state index in [-0.39, 0.29) is 21.4 Å². The van der Waals surface area contributed by atoms with Crippen molar-refractivity contribution in [2.24, 2.45) is 0 Å². The number of carbonyl (C=O) groups excluding carboxylic acids is 2. The predicted octanol–water partition coefficient (Wildman–Crippen LogP) is 9.46. The molecule has 2 atom stereocenters. The zero-order valence-electron chi connectivity index (χ0n) is 20.1. The SMILES string of the molecule is O=C1Nc2ccc(Cl)cc2C(C2c3cc(Cl)ccc3NC(=O)N2c2ccc(F)c(Cl)c2)N1c1ccc(F)c(Cl)c1. The number of halogens is 6. The number of urea groups is 2. The Morgan fingerprint density at radius 3 is 1.35 bits per heavy atom. The summed E-state index contributed by atoms with van der Waals surface area (Å²) in [5, 5.41) is 6.01. The molecule has 4 aromatic carbocycles. The van der Waals surface area contributed by atoms with Crippen LogP contribution in [0, 0.1) is 11.6 Å². The number of benzene rings is 4. The Morgan fingerprint density at radius 1 is 0.575 bits per heavy atom. The van der Waals surface area contributed by atoms with Gasteiger partial charge >= 0.3 is 12.1 Å². The highest BCUT2D eigenvalue weighted by atomic mass is 35.5. The molecule has 0 spiro atoms. The number of hydrogen-bond donors (Lipinski definition) is 2. The Hall–Kier alpha value is -3.56. The van der Waals surface area contributed by atoms with Gasteiger partial charge in [0.15, 0.2) is 0 Å². The molecule has 2 N–H and O–H groups in total. The lowest BCUT2D eigenvalue weighted by Crippen LogP contribution is -2.52. The molecule has 0 aliphatic carbocycles. The standard InChI is InChI=1S/C28H16Cl4F2N4O2/c29-13-1-7-23-17(9-13)25(37(27(39)35-23)15-3-5-21(33)19(31)11-15)26-18-10-14(30)2-8-24(18)36-28(40)38(26)16-4-6-22(34)20(32)12-16/h1-12,25-26H,(H,35,39)(H,36,40). The van der Waals surface area contributed by atoms with Gasteiger partial charge in [-0.25, -0.2) is 18.4 Å². The zero-order valence-corrected chi connectivity index (χ0v) is 23.1. The minimum Gasteiger partial charge on any atom is -0.307 e. The van der Waals surface area contributed by atoms with E-state index in [1.807, 2.05) is 0 Å². The van der Waals surface area contributed by atoms with Gasteiger partial charge in [0, 0.05) is 43.9 Å². The molecule has 2 aliphatic heterocycles. The molecule has 6 rings (SSSR count). The van der Waals surface area contributed by atoms with Crippen molar-refractivity contribution in [3.05, 3.63) is 116 Å². The van der Waals surface area contributed by atoms with E-state index < -0.39 is 35.8 Å². The third kappa shape index (κ3) is 4.51. The fraction of sp³-hybridized carbons (Fsp3) is 0.0714. The second-order valence-electron chi connectivity index (χ2n) is 9.15. The molecule has 0 bridgehead atoms. The van der Waals surface area contributed by atoms with Crippen LogP contribution in [0.25, 0.3) is 0 Å². The molecule has 4 aromatic rings. The van der Waals surface area contributed by atoms with Crippen LogP contribution in [0.5, 0.6) is 0 Å². The van der Waals surface area contributed by atoms with Crippen LogP contribution in [-0.2, 0) is 0 Å². The number of rotatable bonds is 3. The van der Waals surface area contributed by atoms with Crippen molar-refractivity contribution in [3.63, 3.8) is 0 Å². The first kappa shape index (κ1) is 26.7. The second kappa shape index (κ2) is 10.1. The normalized spacial score (nSPS) is 18.1. The van der Waals surface area contributed by atoms with Gasteiger partial charge in [0.25, 0.3) is 0 Å². The Balaban J connectivity index is 1.66. The number of amides is 4. The van der Waals surface area contributed by atoms with E-state index in [4.69, 9.17) is 46.4 Å². The molecule has 0 aromatic heterocycles. The van der Waals surface area contributed by atoms with Crippen molar-refractivity contribution in [2.75, 3.05) is 20.4 Å². The molecule has 0 fully saturated rings. The minimum absolute atomic E-state index is 0.201. The molecule has 0 radical (unpaired) electrons. The lowest BCUT2D eigenvalue weighted by molar-refractivity contribution is 0.246. The highest BCUT2D eigenvalue weighted by Crippen LogP contribution is 2.51. The van der Waals surface area contributed by atoms with Crippen LogP contribution in [0.1, 0.15) is 23.2 Å². The molecule has 4 amide bonds. The molecule has 12 heteroatoms. The Bertz CT molecular complexity index is 1600. The van der Waals surface area contributed by atoms with E-state index in [1.54, 1.807) is 36.4 Å². The maximum Gasteiger partial charge on any atom is 0.326 e. The summed E-state index contributed by atoms with van der Waals surface area (Å²) in [5.74, 6) is -1.33. The first-order valence-corrected chi connectivity index (χ1v) is 13.3. The average molecular weight is 620 g/mol. The topological polar surface area (TPSA) is 64.7 Å². The number of fused-ring (bicyclic) bond motifs is 2. The van der Waals surface area contributed by atoms with Crippen molar-refractivity contribution in [3.8, 4) is 0 Å². The molecule has 40 heavy (non-hydrogen) atoms. The highest BCUT2D eigenvalue weighted by molar-refractivity contribution is 6.32. The van der Waals surface area contributed by atoms with Gasteiger partial charge in [-0.1, -0.05) is 46.4 Å². The molecule has 0 saturated carbocycles. The van der Waals surface area contributed by atoms with Gasteiger partial charge in [0.1, 0.15) is 11.6 Å². The van der Waals surface area contributed by atoms with Crippen molar-refractivity contribution >= 4 is 81.2 Å². The molecule has 2 aliphatic rings. The monoisotopic (exact) mass is 618 g/mol. The lowest BCUT2D eigenvalue weighted by Gasteiger charge is -2.47. The van der Waals surface area contributed by atoms with Crippen molar-refractivity contribution < 1.29 is 18.4 Å². The summed E-state index contributed by atoms with van der Waals surface area (Å²) in [6.07, 6.45) is 0. The maximum atomic E-state index is 14.2. The number of nitrogens with one attached hydrogen (secondary N) is 2. The van der Waals surface area contributed by atoms with Crippen LogP contribution >= 0.6 is 46.4 Å². The Kier molecular flexibility index (Phi) is 6.74. The fourth-order valence-corrected chi connectivity index (χ4v) is 5.82. The number of carbonyl (C=O) groups is 2. The van der Waals surface area contributed by atoms with Gasteiger partial charge < -0.3 is 10.6 Å². The van der Waals surface area contributed by atoms with Gasteiger partial charge in [-0.3, -0.25) is 9.80 Å². The zero-order chi connectivity index (χ0) is 28.3. The second-order valence-corrected chi connectivity index (χ2v) is 10.8. The molecule has 202 valence electrons. The summed E-state index contributed by atoms with van der Waals surface area (Å²) in [4.78, 5) is 30.2. The van der Waals surface area contributed by atoms with E-state index >= 15 is 0 Å². The Morgan fingerprint density at radius 2 is 0.975 bits per heavy atom. The lowest BCUT2D eigenvalue weighted by atomic mass is 9.86. The van der Waals surface area contributed by atoms with Crippen LogP contribution in [0.15, 0.2) is 72.8 Å². The largest absolute Gasteiger partial charge is 0.326 e. The van der Waals surface area contributed by atoms with E-state index in [9.17, 15) is 18.4 Å². The third-order valence-corrected chi connectivity index (χ3v) is 7.85. The van der Waals surface area contributed by atoms with Crippen LogP contribution in [-0.4, -0.2) is 12.1 Å². The van der Waals surface area contributed by atoms with E-state index in [1.165, 1.54) is 34.1 Å². The van der Waals surface area contributed by atoms with E-state index in [2.05, 4.69) is 10.6 Å². The van der Waals surface area contributed by atoms with Gasteiger partial charge in [0.05, 0.1) is 22.1 Å². The summed E-state index contributed by atoms with van der Waals surface area (Å²) in [5.41, 5.74) is 2.52. The van der Waals surface area contributed by atoms with Crippen molar-refractivity contribution in [1.29, 1.82) is 0 Å². The highest BCUT2D eigenvalue weighted by Gasteiger charge is 2.47. The average Bonchev–Trinajstić information content (AvgIpc) is 2.91. The van der Waals surface area contributed by atoms with E-state index in [0.717, 1.165) is 12.1 Å². The first-order valence-electron chi connectivity index (χ1n) is 11.8. The van der Waals surface area contributed by atoms with Crippen molar-refractivity contribution in [2.45, 2.75) is 12.1 Å². The number of anilines is 4. The van der Waals surface area contributed by atoms with Gasteiger partial charge in [-0.2, -0.15) is 0 Å². The van der Waals surface area contributed by atoms with Gasteiger partial charge in [0.2, 0.25) is 0 Å². The number of hydrogen-bond acceptors (Lipinski definition) is 2. The molecule has 6 nitrogen and oxygen atoms in total. The summed E-state index contributed by atoms with van der Waals surface area (Å²) in [7, 11) is 0. The summed E-state index contributed by atoms with van der Waals surface area (Å²) in [6.45, 7) is 0. The molecule has 0 saturated heterocycles. The van der Waals surface area contributed by atoms with Gasteiger partial charge in [-0.15, -0.1) is 0 Å². The first-order chi connectivity index (χ1) is 19.1. The summed E-state index contributed by atoms with van der Waals surface area (Å²) < 4.78 is 28.3. The quantitative estimate of drug-likeness (QED) is 0.240. The van der Waals surface area contributed by atoms with Gasteiger partial charge in [-0.05, 0) is 72.8 Å². The minimum atomic E-state index is -0.948. The predicted molar refractivity (Wildman–Crippen MR) is 154 cm³/mol. The maximum absolute atomic E-state index is 14.2. The van der Waals surface area contributed by atoms with Crippen LogP contribution in [0.4, 0.5) is 41.1 Å². The fourth-order valence-electron chi connectivity index (χ4n) is 5.11.